The van der Waals surface area contributed by atoms with Crippen LogP contribution in [0.4, 0.5) is 5.69 Å². The maximum absolute atomic E-state index is 7.50. The SMILES string of the molecule is CC(Cc1cccs1)N(C)c1ccc(C(=N)N)c(Br)c1. The molecule has 0 saturated carbocycles. The lowest BCUT2D eigenvalue weighted by Gasteiger charge is -2.27. The van der Waals surface area contributed by atoms with Crippen LogP contribution in [0.2, 0.25) is 0 Å². The molecule has 5 heteroatoms. The third kappa shape index (κ3) is 3.41. The Morgan fingerprint density at radius 1 is 1.45 bits per heavy atom. The molecular formula is C15H18BrN3S. The van der Waals surface area contributed by atoms with Crippen LogP contribution < -0.4 is 10.6 Å². The molecule has 0 saturated heterocycles. The Kier molecular flexibility index (Phi) is 4.83. The van der Waals surface area contributed by atoms with Gasteiger partial charge in [-0.05, 0) is 52.5 Å². The number of nitrogens with two attached hydrogens (primary N) is 1. The van der Waals surface area contributed by atoms with E-state index in [2.05, 4.69) is 52.3 Å². The van der Waals surface area contributed by atoms with E-state index in [0.717, 1.165) is 22.1 Å². The number of thiophene rings is 1. The molecule has 0 aliphatic heterocycles. The lowest BCUT2D eigenvalue weighted by Crippen LogP contribution is -2.30. The summed E-state index contributed by atoms with van der Waals surface area (Å²) in [5.41, 5.74) is 7.38. The number of amidine groups is 1. The molecule has 3 nitrogen and oxygen atoms in total. The van der Waals surface area contributed by atoms with Crippen LogP contribution in [0.25, 0.3) is 0 Å². The van der Waals surface area contributed by atoms with Crippen molar-refractivity contribution in [1.82, 2.24) is 0 Å². The molecule has 1 aromatic carbocycles. The van der Waals surface area contributed by atoms with Crippen LogP contribution in [0.15, 0.2) is 40.2 Å². The summed E-state index contributed by atoms with van der Waals surface area (Å²) in [4.78, 5) is 3.64. The molecule has 0 amide bonds. The van der Waals surface area contributed by atoms with Gasteiger partial charge in [0.25, 0.3) is 0 Å². The van der Waals surface area contributed by atoms with Gasteiger partial charge in [-0.3, -0.25) is 5.41 Å². The second kappa shape index (κ2) is 6.41. The second-order valence-electron chi connectivity index (χ2n) is 4.82. The number of hydrogen-bond donors (Lipinski definition) is 2. The molecule has 20 heavy (non-hydrogen) atoms. The van der Waals surface area contributed by atoms with E-state index in [4.69, 9.17) is 11.1 Å². The van der Waals surface area contributed by atoms with Gasteiger partial charge in [0, 0.05) is 40.1 Å². The zero-order valence-electron chi connectivity index (χ0n) is 11.6. The molecule has 1 aromatic heterocycles. The number of nitrogens with zero attached hydrogens (tertiary/aromatic N) is 1. The van der Waals surface area contributed by atoms with Crippen LogP contribution in [-0.2, 0) is 6.42 Å². The highest BCUT2D eigenvalue weighted by atomic mass is 79.9. The zero-order valence-corrected chi connectivity index (χ0v) is 14.0. The molecule has 0 aliphatic carbocycles. The molecule has 2 rings (SSSR count). The van der Waals surface area contributed by atoms with Crippen LogP contribution in [-0.4, -0.2) is 18.9 Å². The molecule has 0 bridgehead atoms. The summed E-state index contributed by atoms with van der Waals surface area (Å²) < 4.78 is 0.859. The Morgan fingerprint density at radius 2 is 2.20 bits per heavy atom. The molecule has 1 unspecified atom stereocenters. The van der Waals surface area contributed by atoms with E-state index in [9.17, 15) is 0 Å². The molecule has 106 valence electrons. The van der Waals surface area contributed by atoms with E-state index in [1.165, 1.54) is 4.88 Å². The average molecular weight is 352 g/mol. The van der Waals surface area contributed by atoms with E-state index < -0.39 is 0 Å². The Morgan fingerprint density at radius 3 is 2.75 bits per heavy atom. The number of nitrogens with one attached hydrogen (secondary N) is 1. The molecule has 3 N–H and O–H groups in total. The van der Waals surface area contributed by atoms with Crippen molar-refractivity contribution in [3.05, 3.63) is 50.6 Å². The third-order valence-corrected chi connectivity index (χ3v) is 4.94. The Balaban J connectivity index is 2.14. The van der Waals surface area contributed by atoms with Crippen molar-refractivity contribution >= 4 is 38.8 Å². The number of likely N-dealkylation sites (N-methyl/N-ethyl adjacent to an activating group) is 1. The summed E-state index contributed by atoms with van der Waals surface area (Å²) in [7, 11) is 2.09. The lowest BCUT2D eigenvalue weighted by molar-refractivity contribution is 0.688. The van der Waals surface area contributed by atoms with E-state index in [1.807, 2.05) is 18.2 Å². The van der Waals surface area contributed by atoms with Crippen molar-refractivity contribution < 1.29 is 0 Å². The van der Waals surface area contributed by atoms with Crippen LogP contribution in [0.3, 0.4) is 0 Å². The average Bonchev–Trinajstić information content (AvgIpc) is 2.90. The standard InChI is InChI=1S/C15H18BrN3S/c1-10(8-12-4-3-7-20-12)19(2)11-5-6-13(15(17)18)14(16)9-11/h3-7,9-10H,8H2,1-2H3,(H3,17,18). The molecular weight excluding hydrogens is 334 g/mol. The Bertz CT molecular complexity index is 595. The first kappa shape index (κ1) is 15.1. The first-order valence-electron chi connectivity index (χ1n) is 6.38. The van der Waals surface area contributed by atoms with Crippen molar-refractivity contribution in [2.45, 2.75) is 19.4 Å². The normalized spacial score (nSPS) is 12.2. The number of benzene rings is 1. The maximum Gasteiger partial charge on any atom is 0.123 e. The van der Waals surface area contributed by atoms with Gasteiger partial charge in [-0.2, -0.15) is 0 Å². The summed E-state index contributed by atoms with van der Waals surface area (Å²) >= 11 is 5.27. The van der Waals surface area contributed by atoms with Crippen molar-refractivity contribution in [3.8, 4) is 0 Å². The van der Waals surface area contributed by atoms with Gasteiger partial charge in [0.15, 0.2) is 0 Å². The molecule has 1 heterocycles. The van der Waals surface area contributed by atoms with E-state index in [0.29, 0.717) is 6.04 Å². The lowest BCUT2D eigenvalue weighted by atomic mass is 10.1. The van der Waals surface area contributed by atoms with Crippen LogP contribution >= 0.6 is 27.3 Å². The zero-order chi connectivity index (χ0) is 14.7. The van der Waals surface area contributed by atoms with Gasteiger partial charge in [-0.1, -0.05) is 6.07 Å². The molecule has 2 aromatic rings. The second-order valence-corrected chi connectivity index (χ2v) is 6.71. The van der Waals surface area contributed by atoms with Gasteiger partial charge >= 0.3 is 0 Å². The Hall–Kier alpha value is -1.33. The topological polar surface area (TPSA) is 53.1 Å². The molecule has 0 aliphatic rings. The van der Waals surface area contributed by atoms with E-state index in [1.54, 1.807) is 11.3 Å². The summed E-state index contributed by atoms with van der Waals surface area (Å²) in [6.45, 7) is 2.21. The first-order valence-corrected chi connectivity index (χ1v) is 8.05. The Labute approximate surface area is 132 Å². The number of anilines is 1. The monoisotopic (exact) mass is 351 g/mol. The molecule has 0 radical (unpaired) electrons. The largest absolute Gasteiger partial charge is 0.384 e. The minimum Gasteiger partial charge on any atom is -0.384 e. The van der Waals surface area contributed by atoms with Crippen molar-refractivity contribution in [1.29, 1.82) is 5.41 Å². The number of halogens is 1. The molecule has 0 spiro atoms. The predicted octanol–water partition coefficient (Wildman–Crippen LogP) is 3.86. The van der Waals surface area contributed by atoms with Crippen molar-refractivity contribution in [2.24, 2.45) is 5.73 Å². The highest BCUT2D eigenvalue weighted by Crippen LogP contribution is 2.25. The summed E-state index contributed by atoms with van der Waals surface area (Å²) in [5.74, 6) is 0.0812. The van der Waals surface area contributed by atoms with Crippen molar-refractivity contribution in [3.63, 3.8) is 0 Å². The molecule has 1 atom stereocenters. The number of hydrogen-bond acceptors (Lipinski definition) is 3. The molecule has 0 fully saturated rings. The van der Waals surface area contributed by atoms with Gasteiger partial charge in [-0.25, -0.2) is 0 Å². The van der Waals surface area contributed by atoms with E-state index >= 15 is 0 Å². The minimum atomic E-state index is 0.0812. The quantitative estimate of drug-likeness (QED) is 0.634. The number of nitrogen functional groups attached to an aromatic ring is 1. The van der Waals surface area contributed by atoms with Crippen LogP contribution in [0.5, 0.6) is 0 Å². The summed E-state index contributed by atoms with van der Waals surface area (Å²) in [6.07, 6.45) is 1.03. The van der Waals surface area contributed by atoms with E-state index in [-0.39, 0.29) is 5.84 Å². The summed E-state index contributed by atoms with van der Waals surface area (Å²) in [5, 5.41) is 9.62. The fourth-order valence-corrected chi connectivity index (χ4v) is 3.46. The third-order valence-electron chi connectivity index (χ3n) is 3.39. The minimum absolute atomic E-state index is 0.0812. The maximum atomic E-state index is 7.50. The smallest absolute Gasteiger partial charge is 0.123 e. The highest BCUT2D eigenvalue weighted by molar-refractivity contribution is 9.10. The van der Waals surface area contributed by atoms with Gasteiger partial charge in [0.1, 0.15) is 5.84 Å². The highest BCUT2D eigenvalue weighted by Gasteiger charge is 2.13. The number of rotatable bonds is 5. The predicted molar refractivity (Wildman–Crippen MR) is 91.0 cm³/mol. The van der Waals surface area contributed by atoms with Gasteiger partial charge < -0.3 is 10.6 Å². The first-order chi connectivity index (χ1) is 9.49. The van der Waals surface area contributed by atoms with Crippen LogP contribution in [0, 0.1) is 5.41 Å². The fourth-order valence-electron chi connectivity index (χ4n) is 2.05. The van der Waals surface area contributed by atoms with Gasteiger partial charge in [0.05, 0.1) is 0 Å². The van der Waals surface area contributed by atoms with Crippen LogP contribution in [0.1, 0.15) is 17.4 Å². The van der Waals surface area contributed by atoms with Gasteiger partial charge in [0.2, 0.25) is 0 Å². The summed E-state index contributed by atoms with van der Waals surface area (Å²) in [6, 6.07) is 10.6. The fraction of sp³-hybridized carbons (Fsp3) is 0.267. The van der Waals surface area contributed by atoms with Gasteiger partial charge in [-0.15, -0.1) is 11.3 Å². The van der Waals surface area contributed by atoms with Crippen molar-refractivity contribution in [2.75, 3.05) is 11.9 Å².